The molecule has 9 heteroatoms. The number of fused-ring (bicyclic) bond motifs is 7. The van der Waals surface area contributed by atoms with Crippen LogP contribution < -0.4 is 0 Å². The molecule has 0 aromatic rings. The van der Waals surface area contributed by atoms with Gasteiger partial charge in [0.25, 0.3) is 0 Å². The molecule has 2 saturated heterocycles. The standard InChI is InChI=1S/C29H38O9/c1-15-9-23(31)29(34)25(36-15)37-21-11-17-3-4-20-19(27(17,14-30)12-22(21)38-29)5-7-26(2)18(6-8-28(20,26)33)16-10-24(32)35-13-16/h4,10,14-15,17-19,21-23,25,31,33-34H,3,5-9,11-13H2,1-2H3. The maximum atomic E-state index is 13.1. The fraction of sp³-hybridized carbons (Fsp3) is 0.793. The van der Waals surface area contributed by atoms with Gasteiger partial charge in [0, 0.05) is 23.3 Å². The predicted octanol–water partition coefficient (Wildman–Crippen LogP) is 1.92. The maximum Gasteiger partial charge on any atom is 0.331 e. The number of aldehydes is 1. The van der Waals surface area contributed by atoms with E-state index in [1.807, 2.05) is 6.92 Å². The van der Waals surface area contributed by atoms with Crippen molar-refractivity contribution in [1.29, 1.82) is 0 Å². The van der Waals surface area contributed by atoms with Crippen LogP contribution in [0.15, 0.2) is 23.3 Å². The molecule has 12 atom stereocenters. The van der Waals surface area contributed by atoms with Crippen molar-refractivity contribution in [3.8, 4) is 0 Å². The summed E-state index contributed by atoms with van der Waals surface area (Å²) in [4.78, 5) is 24.9. The van der Waals surface area contributed by atoms with Gasteiger partial charge in [0.15, 0.2) is 0 Å². The van der Waals surface area contributed by atoms with E-state index in [-0.39, 0.29) is 49.0 Å². The Labute approximate surface area is 222 Å². The van der Waals surface area contributed by atoms with Gasteiger partial charge in [0.1, 0.15) is 19.0 Å². The van der Waals surface area contributed by atoms with E-state index in [2.05, 4.69) is 13.0 Å². The van der Waals surface area contributed by atoms with Crippen LogP contribution in [0.4, 0.5) is 0 Å². The second-order valence-corrected chi connectivity index (χ2v) is 13.2. The third-order valence-electron chi connectivity index (χ3n) is 11.5. The molecule has 7 aliphatic rings. The number of esters is 1. The summed E-state index contributed by atoms with van der Waals surface area (Å²) in [5, 5.41) is 34.3. The monoisotopic (exact) mass is 530 g/mol. The molecule has 3 saturated carbocycles. The van der Waals surface area contributed by atoms with Crippen LogP contribution in [-0.2, 0) is 28.5 Å². The van der Waals surface area contributed by atoms with E-state index in [0.717, 1.165) is 36.7 Å². The highest BCUT2D eigenvalue weighted by atomic mass is 16.8. The number of hydrogen-bond acceptors (Lipinski definition) is 9. The first-order valence-electron chi connectivity index (χ1n) is 14.2. The minimum Gasteiger partial charge on any atom is -0.458 e. The number of carbonyl (C=O) groups excluding carboxylic acids is 2. The van der Waals surface area contributed by atoms with Crippen molar-refractivity contribution in [3.63, 3.8) is 0 Å². The molecule has 3 aliphatic heterocycles. The van der Waals surface area contributed by atoms with Crippen molar-refractivity contribution < 1.29 is 43.9 Å². The summed E-state index contributed by atoms with van der Waals surface area (Å²) in [7, 11) is 0. The van der Waals surface area contributed by atoms with E-state index < -0.39 is 40.7 Å². The molecule has 0 spiro atoms. The molecule has 12 unspecified atom stereocenters. The Balaban J connectivity index is 1.21. The van der Waals surface area contributed by atoms with Crippen LogP contribution >= 0.6 is 0 Å². The second-order valence-electron chi connectivity index (χ2n) is 13.2. The number of hydrogen-bond donors (Lipinski definition) is 3. The Bertz CT molecular complexity index is 1120. The highest BCUT2D eigenvalue weighted by Gasteiger charge is 2.68. The van der Waals surface area contributed by atoms with Gasteiger partial charge in [-0.25, -0.2) is 4.79 Å². The van der Waals surface area contributed by atoms with Crippen molar-refractivity contribution >= 4 is 12.3 Å². The first-order chi connectivity index (χ1) is 18.0. The van der Waals surface area contributed by atoms with Crippen LogP contribution in [0.25, 0.3) is 0 Å². The molecule has 7 rings (SSSR count). The van der Waals surface area contributed by atoms with E-state index in [0.29, 0.717) is 25.7 Å². The van der Waals surface area contributed by atoms with Crippen LogP contribution in [0.5, 0.6) is 0 Å². The first-order valence-corrected chi connectivity index (χ1v) is 14.2. The van der Waals surface area contributed by atoms with E-state index in [9.17, 15) is 24.9 Å². The molecule has 0 aromatic carbocycles. The first kappa shape index (κ1) is 25.4. The fourth-order valence-electron chi connectivity index (χ4n) is 9.51. The lowest BCUT2D eigenvalue weighted by Crippen LogP contribution is -2.70. The number of rotatable bonds is 2. The van der Waals surface area contributed by atoms with Gasteiger partial charge in [-0.15, -0.1) is 0 Å². The average Bonchev–Trinajstić information content (AvgIpc) is 3.42. The molecule has 38 heavy (non-hydrogen) atoms. The zero-order chi connectivity index (χ0) is 26.7. The Kier molecular flexibility index (Phi) is 5.48. The van der Waals surface area contributed by atoms with Gasteiger partial charge >= 0.3 is 5.97 Å². The highest BCUT2D eigenvalue weighted by molar-refractivity contribution is 5.85. The van der Waals surface area contributed by atoms with Crippen molar-refractivity contribution in [2.45, 2.75) is 107 Å². The van der Waals surface area contributed by atoms with Crippen molar-refractivity contribution in [1.82, 2.24) is 0 Å². The summed E-state index contributed by atoms with van der Waals surface area (Å²) in [5.74, 6) is -2.36. The Morgan fingerprint density at radius 3 is 2.61 bits per heavy atom. The lowest BCUT2D eigenvalue weighted by atomic mass is 9.46. The van der Waals surface area contributed by atoms with Crippen molar-refractivity contribution in [2.75, 3.05) is 6.61 Å². The van der Waals surface area contributed by atoms with Gasteiger partial charge in [-0.3, -0.25) is 0 Å². The third-order valence-corrected chi connectivity index (χ3v) is 11.5. The van der Waals surface area contributed by atoms with Crippen LogP contribution in [0, 0.1) is 28.6 Å². The predicted molar refractivity (Wildman–Crippen MR) is 131 cm³/mol. The molecule has 3 N–H and O–H groups in total. The smallest absolute Gasteiger partial charge is 0.331 e. The van der Waals surface area contributed by atoms with Crippen molar-refractivity contribution in [3.05, 3.63) is 23.3 Å². The molecule has 0 amide bonds. The average molecular weight is 531 g/mol. The Hall–Kier alpha value is -1.62. The lowest BCUT2D eigenvalue weighted by molar-refractivity contribution is -0.456. The molecule has 3 heterocycles. The molecule has 9 nitrogen and oxygen atoms in total. The van der Waals surface area contributed by atoms with Crippen LogP contribution in [0.3, 0.4) is 0 Å². The van der Waals surface area contributed by atoms with E-state index >= 15 is 0 Å². The lowest BCUT2D eigenvalue weighted by Gasteiger charge is -2.62. The molecule has 0 aromatic heterocycles. The molecule has 4 aliphatic carbocycles. The van der Waals surface area contributed by atoms with Gasteiger partial charge in [-0.1, -0.05) is 13.0 Å². The minimum absolute atomic E-state index is 0.0180. The molecular formula is C29H38O9. The molecule has 0 radical (unpaired) electrons. The van der Waals surface area contributed by atoms with Crippen LogP contribution in [0.2, 0.25) is 0 Å². The van der Waals surface area contributed by atoms with E-state index in [1.54, 1.807) is 6.08 Å². The van der Waals surface area contributed by atoms with Gasteiger partial charge in [-0.05, 0) is 80.8 Å². The SMILES string of the molecule is CC1CC(O)C2(O)OC3CC4(C=O)C(CC=C5C4CCC4(C)C(C6=CC(=O)OC6)CCC54O)CC3OC2O1. The number of ether oxygens (including phenoxy) is 4. The second kappa shape index (κ2) is 8.21. The van der Waals surface area contributed by atoms with Crippen LogP contribution in [-0.4, -0.2) is 76.3 Å². The highest BCUT2D eigenvalue weighted by Crippen LogP contribution is 2.68. The summed E-state index contributed by atoms with van der Waals surface area (Å²) in [6.07, 6.45) is 6.04. The number of allylic oxidation sites excluding steroid dienone is 1. The van der Waals surface area contributed by atoms with Crippen molar-refractivity contribution in [2.24, 2.45) is 28.6 Å². The quantitative estimate of drug-likeness (QED) is 0.278. The molecular weight excluding hydrogens is 492 g/mol. The van der Waals surface area contributed by atoms with E-state index in [1.165, 1.54) is 0 Å². The van der Waals surface area contributed by atoms with Gasteiger partial charge in [0.05, 0.1) is 23.9 Å². The zero-order valence-electron chi connectivity index (χ0n) is 22.0. The normalized spacial score (nSPS) is 55.3. The summed E-state index contributed by atoms with van der Waals surface area (Å²) in [6, 6.07) is 0. The molecule has 0 bridgehead atoms. The largest absolute Gasteiger partial charge is 0.458 e. The number of aliphatic hydroxyl groups is 3. The Morgan fingerprint density at radius 2 is 1.87 bits per heavy atom. The van der Waals surface area contributed by atoms with Crippen LogP contribution in [0.1, 0.15) is 65.2 Å². The summed E-state index contributed by atoms with van der Waals surface area (Å²) < 4.78 is 23.4. The number of aliphatic hydroxyl groups excluding tert-OH is 1. The summed E-state index contributed by atoms with van der Waals surface area (Å²) in [6.45, 7) is 4.24. The van der Waals surface area contributed by atoms with Gasteiger partial charge < -0.3 is 39.1 Å². The molecule has 208 valence electrons. The zero-order valence-corrected chi connectivity index (χ0v) is 22.0. The maximum absolute atomic E-state index is 13.1. The topological polar surface area (TPSA) is 132 Å². The fourth-order valence-corrected chi connectivity index (χ4v) is 9.51. The summed E-state index contributed by atoms with van der Waals surface area (Å²) in [5.41, 5.74) is -0.362. The van der Waals surface area contributed by atoms with Gasteiger partial charge in [0.2, 0.25) is 12.1 Å². The molecule has 5 fully saturated rings. The summed E-state index contributed by atoms with van der Waals surface area (Å²) >= 11 is 0. The number of carbonyl (C=O) groups is 2. The number of cyclic esters (lactones) is 1. The Morgan fingerprint density at radius 1 is 1.08 bits per heavy atom. The van der Waals surface area contributed by atoms with Gasteiger partial charge in [-0.2, -0.15) is 0 Å². The minimum atomic E-state index is -1.98. The third kappa shape index (κ3) is 3.14. The van der Waals surface area contributed by atoms with E-state index in [4.69, 9.17) is 18.9 Å².